The smallest absolute Gasteiger partial charge is 0.224 e. The Kier molecular flexibility index (Phi) is 7.50. The van der Waals surface area contributed by atoms with Crippen LogP contribution in [0.1, 0.15) is 36.4 Å². The number of hydrogen-bond donors (Lipinski definition) is 1. The van der Waals surface area contributed by atoms with Crippen LogP contribution >= 0.6 is 0 Å². The molecular formula is C23H30N2O4S. The highest BCUT2D eigenvalue weighted by Gasteiger charge is 2.26. The zero-order valence-corrected chi connectivity index (χ0v) is 18.4. The molecule has 162 valence electrons. The summed E-state index contributed by atoms with van der Waals surface area (Å²) in [7, 11) is -1.88. The average Bonchev–Trinajstić information content (AvgIpc) is 2.73. The van der Waals surface area contributed by atoms with E-state index in [9.17, 15) is 13.2 Å². The number of hydrogen-bond acceptors (Lipinski definition) is 4. The number of rotatable bonds is 8. The van der Waals surface area contributed by atoms with Gasteiger partial charge in [0.15, 0.2) is 0 Å². The van der Waals surface area contributed by atoms with E-state index in [1.165, 1.54) is 5.56 Å². The van der Waals surface area contributed by atoms with Crippen molar-refractivity contribution in [3.05, 3.63) is 65.7 Å². The summed E-state index contributed by atoms with van der Waals surface area (Å²) in [6.07, 6.45) is 4.18. The molecule has 0 unspecified atom stereocenters. The molecule has 0 aromatic heterocycles. The summed E-state index contributed by atoms with van der Waals surface area (Å²) in [5, 5.41) is 0. The van der Waals surface area contributed by atoms with Gasteiger partial charge in [0.25, 0.3) is 0 Å². The van der Waals surface area contributed by atoms with E-state index in [0.29, 0.717) is 24.8 Å². The molecule has 1 amide bonds. The number of carbonyl (C=O) groups is 1. The summed E-state index contributed by atoms with van der Waals surface area (Å²) < 4.78 is 31.5. The van der Waals surface area contributed by atoms with E-state index in [-0.39, 0.29) is 12.3 Å². The van der Waals surface area contributed by atoms with Gasteiger partial charge < -0.3 is 9.64 Å². The number of nitrogens with one attached hydrogen (secondary N) is 1. The molecule has 0 saturated carbocycles. The summed E-state index contributed by atoms with van der Waals surface area (Å²) >= 11 is 0. The maximum absolute atomic E-state index is 12.9. The first-order valence-corrected chi connectivity index (χ1v) is 12.2. The second-order valence-electron chi connectivity index (χ2n) is 7.93. The predicted molar refractivity (Wildman–Crippen MR) is 118 cm³/mol. The van der Waals surface area contributed by atoms with Crippen LogP contribution in [0.15, 0.2) is 54.6 Å². The molecule has 1 saturated heterocycles. The number of likely N-dealkylation sites (tertiary alicyclic amines) is 1. The summed E-state index contributed by atoms with van der Waals surface area (Å²) in [6, 6.07) is 17.0. The minimum absolute atomic E-state index is 0.0230. The van der Waals surface area contributed by atoms with Gasteiger partial charge in [0.05, 0.1) is 19.4 Å². The van der Waals surface area contributed by atoms with E-state index in [0.717, 1.165) is 31.1 Å². The van der Waals surface area contributed by atoms with Gasteiger partial charge in [-0.2, -0.15) is 0 Å². The highest BCUT2D eigenvalue weighted by molar-refractivity contribution is 7.88. The highest BCUT2D eigenvalue weighted by Crippen LogP contribution is 2.25. The van der Waals surface area contributed by atoms with Gasteiger partial charge in [-0.25, -0.2) is 13.1 Å². The van der Waals surface area contributed by atoms with Crippen molar-refractivity contribution < 1.29 is 17.9 Å². The summed E-state index contributed by atoms with van der Waals surface area (Å²) in [4.78, 5) is 14.8. The first-order valence-electron chi connectivity index (χ1n) is 10.3. The standard InChI is InChI=1S/C23H30N2O4S/c1-29-21-10-8-20(9-11-21)22(24-30(2,27)28)17-23(26)25-14-12-19(13-15-25)16-18-6-4-3-5-7-18/h3-11,19,22,24H,12-17H2,1-2H3/t22-/m1/s1. The zero-order chi connectivity index (χ0) is 21.6. The second kappa shape index (κ2) is 10.1. The molecule has 2 aromatic rings. The Labute approximate surface area is 179 Å². The largest absolute Gasteiger partial charge is 0.497 e. The quantitative estimate of drug-likeness (QED) is 0.698. The number of methoxy groups -OCH3 is 1. The van der Waals surface area contributed by atoms with E-state index < -0.39 is 16.1 Å². The predicted octanol–water partition coefficient (Wildman–Crippen LogP) is 3.16. The topological polar surface area (TPSA) is 75.7 Å². The molecule has 1 N–H and O–H groups in total. The Morgan fingerprint density at radius 1 is 1.10 bits per heavy atom. The van der Waals surface area contributed by atoms with Gasteiger partial charge in [-0.1, -0.05) is 42.5 Å². The van der Waals surface area contributed by atoms with Crippen LogP contribution in [0.2, 0.25) is 0 Å². The van der Waals surface area contributed by atoms with Gasteiger partial charge in [0.1, 0.15) is 5.75 Å². The van der Waals surface area contributed by atoms with Gasteiger partial charge in [0.2, 0.25) is 15.9 Å². The molecule has 2 aromatic carbocycles. The number of amides is 1. The van der Waals surface area contributed by atoms with Crippen LogP contribution in [0, 0.1) is 5.92 Å². The van der Waals surface area contributed by atoms with E-state index in [2.05, 4.69) is 29.0 Å². The average molecular weight is 431 g/mol. The van der Waals surface area contributed by atoms with Crippen molar-refractivity contribution in [1.82, 2.24) is 9.62 Å². The van der Waals surface area contributed by atoms with Crippen molar-refractivity contribution in [3.63, 3.8) is 0 Å². The Morgan fingerprint density at radius 2 is 1.73 bits per heavy atom. The number of piperidine rings is 1. The van der Waals surface area contributed by atoms with Crippen LogP contribution in [-0.4, -0.2) is 45.7 Å². The Morgan fingerprint density at radius 3 is 2.30 bits per heavy atom. The molecule has 0 bridgehead atoms. The second-order valence-corrected chi connectivity index (χ2v) is 9.71. The normalized spacial score (nSPS) is 16.3. The third-order valence-electron chi connectivity index (χ3n) is 5.59. The molecule has 0 spiro atoms. The van der Waals surface area contributed by atoms with Crippen LogP contribution in [0.5, 0.6) is 5.75 Å². The third-order valence-corrected chi connectivity index (χ3v) is 6.30. The summed E-state index contributed by atoms with van der Waals surface area (Å²) in [5.41, 5.74) is 2.08. The molecule has 0 aliphatic carbocycles. The molecular weight excluding hydrogens is 400 g/mol. The number of nitrogens with zero attached hydrogens (tertiary/aromatic N) is 1. The van der Waals surface area contributed by atoms with Crippen molar-refractivity contribution in [2.45, 2.75) is 31.7 Å². The Balaban J connectivity index is 1.60. The molecule has 1 aliphatic heterocycles. The van der Waals surface area contributed by atoms with Crippen LogP contribution in [0.3, 0.4) is 0 Å². The van der Waals surface area contributed by atoms with Gasteiger partial charge in [0, 0.05) is 19.5 Å². The maximum Gasteiger partial charge on any atom is 0.224 e. The highest BCUT2D eigenvalue weighted by atomic mass is 32.2. The van der Waals surface area contributed by atoms with Crippen LogP contribution in [-0.2, 0) is 21.2 Å². The van der Waals surface area contributed by atoms with Crippen molar-refractivity contribution >= 4 is 15.9 Å². The molecule has 6 nitrogen and oxygen atoms in total. The lowest BCUT2D eigenvalue weighted by Crippen LogP contribution is -2.41. The Bertz CT molecular complexity index is 921. The number of sulfonamides is 1. The molecule has 7 heteroatoms. The fourth-order valence-electron chi connectivity index (χ4n) is 3.96. The van der Waals surface area contributed by atoms with E-state index in [1.807, 2.05) is 11.0 Å². The van der Waals surface area contributed by atoms with Crippen molar-refractivity contribution in [2.75, 3.05) is 26.5 Å². The lowest BCUT2D eigenvalue weighted by molar-refractivity contribution is -0.133. The lowest BCUT2D eigenvalue weighted by Gasteiger charge is -2.33. The van der Waals surface area contributed by atoms with E-state index >= 15 is 0 Å². The number of ether oxygens (including phenoxy) is 1. The molecule has 30 heavy (non-hydrogen) atoms. The van der Waals surface area contributed by atoms with Crippen molar-refractivity contribution in [2.24, 2.45) is 5.92 Å². The van der Waals surface area contributed by atoms with Crippen molar-refractivity contribution in [1.29, 1.82) is 0 Å². The molecule has 0 radical (unpaired) electrons. The Hall–Kier alpha value is -2.38. The number of carbonyl (C=O) groups excluding carboxylic acids is 1. The summed E-state index contributed by atoms with van der Waals surface area (Å²) in [6.45, 7) is 1.43. The van der Waals surface area contributed by atoms with Crippen LogP contribution in [0.25, 0.3) is 0 Å². The van der Waals surface area contributed by atoms with Crippen LogP contribution in [0.4, 0.5) is 0 Å². The van der Waals surface area contributed by atoms with Gasteiger partial charge >= 0.3 is 0 Å². The van der Waals surface area contributed by atoms with Gasteiger partial charge in [-0.15, -0.1) is 0 Å². The minimum atomic E-state index is -3.46. The van der Waals surface area contributed by atoms with Gasteiger partial charge in [-0.3, -0.25) is 4.79 Å². The SMILES string of the molecule is COc1ccc([C@@H](CC(=O)N2CCC(Cc3ccccc3)CC2)NS(C)(=O)=O)cc1. The van der Waals surface area contributed by atoms with Gasteiger partial charge in [-0.05, 0) is 48.4 Å². The van der Waals surface area contributed by atoms with Crippen molar-refractivity contribution in [3.8, 4) is 5.75 Å². The van der Waals surface area contributed by atoms with E-state index in [1.54, 1.807) is 31.4 Å². The summed E-state index contributed by atoms with van der Waals surface area (Å²) in [5.74, 6) is 1.23. The molecule has 1 atom stereocenters. The molecule has 1 fully saturated rings. The fraction of sp³-hybridized carbons (Fsp3) is 0.435. The minimum Gasteiger partial charge on any atom is -0.497 e. The fourth-order valence-corrected chi connectivity index (χ4v) is 4.70. The van der Waals surface area contributed by atoms with E-state index in [4.69, 9.17) is 4.74 Å². The first kappa shape index (κ1) is 22.3. The third kappa shape index (κ3) is 6.57. The molecule has 1 aliphatic rings. The lowest BCUT2D eigenvalue weighted by atomic mass is 9.90. The first-order chi connectivity index (χ1) is 14.3. The zero-order valence-electron chi connectivity index (χ0n) is 17.6. The monoisotopic (exact) mass is 430 g/mol. The maximum atomic E-state index is 12.9. The molecule has 1 heterocycles. The van der Waals surface area contributed by atoms with Crippen LogP contribution < -0.4 is 9.46 Å². The molecule has 3 rings (SSSR count). The number of benzene rings is 2.